The number of rotatable bonds is 5. The van der Waals surface area contributed by atoms with Gasteiger partial charge in [0.05, 0.1) is 6.61 Å². The number of azide groups is 1. The number of hydrogen-bond acceptors (Lipinski definition) is 3. The Bertz CT molecular complexity index is 477. The van der Waals surface area contributed by atoms with Crippen LogP contribution in [0.1, 0.15) is 18.4 Å². The molecule has 1 saturated heterocycles. The minimum atomic E-state index is 0.000295. The number of amides is 1. The Morgan fingerprint density at radius 2 is 2.05 bits per heavy atom. The van der Waals surface area contributed by atoms with Crippen LogP contribution in [0.4, 0.5) is 0 Å². The first-order valence-corrected chi connectivity index (χ1v) is 6.73. The summed E-state index contributed by atoms with van der Waals surface area (Å²) in [7, 11) is 0. The van der Waals surface area contributed by atoms with Crippen LogP contribution in [0.15, 0.2) is 35.4 Å². The highest BCUT2D eigenvalue weighted by Gasteiger charge is 2.21. The molecule has 0 atom stereocenters. The lowest BCUT2D eigenvalue weighted by Crippen LogP contribution is -2.41. The molecule has 1 heterocycles. The number of piperidine rings is 1. The fraction of sp³-hybridized carbons (Fsp3) is 0.500. The summed E-state index contributed by atoms with van der Waals surface area (Å²) >= 11 is 0. The molecule has 6 nitrogen and oxygen atoms in total. The van der Waals surface area contributed by atoms with Gasteiger partial charge in [-0.1, -0.05) is 35.4 Å². The van der Waals surface area contributed by atoms with E-state index in [-0.39, 0.29) is 18.6 Å². The minimum absolute atomic E-state index is 0.000295. The van der Waals surface area contributed by atoms with E-state index in [1.165, 1.54) is 0 Å². The van der Waals surface area contributed by atoms with Crippen molar-refractivity contribution in [2.24, 2.45) is 5.11 Å². The molecule has 20 heavy (non-hydrogen) atoms. The fourth-order valence-corrected chi connectivity index (χ4v) is 2.23. The zero-order chi connectivity index (χ0) is 14.2. The zero-order valence-electron chi connectivity index (χ0n) is 11.3. The first-order valence-electron chi connectivity index (χ1n) is 6.73. The molecule has 106 valence electrons. The lowest BCUT2D eigenvalue weighted by atomic mass is 10.1. The fourth-order valence-electron chi connectivity index (χ4n) is 2.23. The van der Waals surface area contributed by atoms with Crippen LogP contribution in [0.2, 0.25) is 0 Å². The maximum absolute atomic E-state index is 12.0. The van der Waals surface area contributed by atoms with Crippen molar-refractivity contribution in [2.75, 3.05) is 19.7 Å². The minimum Gasteiger partial charge on any atom is -0.367 e. The van der Waals surface area contributed by atoms with Crippen molar-refractivity contribution in [3.8, 4) is 0 Å². The third-order valence-electron chi connectivity index (χ3n) is 3.37. The number of ether oxygens (including phenoxy) is 1. The van der Waals surface area contributed by atoms with Crippen LogP contribution in [0.5, 0.6) is 0 Å². The van der Waals surface area contributed by atoms with E-state index in [0.717, 1.165) is 18.4 Å². The summed E-state index contributed by atoms with van der Waals surface area (Å²) in [4.78, 5) is 16.5. The second kappa shape index (κ2) is 7.53. The summed E-state index contributed by atoms with van der Waals surface area (Å²) in [5.74, 6) is 0.000295. The second-order valence-corrected chi connectivity index (χ2v) is 4.80. The predicted octanol–water partition coefficient (Wildman–Crippen LogP) is 2.50. The molecule has 0 unspecified atom stereocenters. The molecule has 0 bridgehead atoms. The Morgan fingerprint density at radius 3 is 2.70 bits per heavy atom. The van der Waals surface area contributed by atoms with Crippen molar-refractivity contribution in [3.63, 3.8) is 0 Å². The van der Waals surface area contributed by atoms with E-state index in [2.05, 4.69) is 10.0 Å². The monoisotopic (exact) mass is 274 g/mol. The first kappa shape index (κ1) is 14.4. The van der Waals surface area contributed by atoms with E-state index in [1.807, 2.05) is 30.3 Å². The molecule has 1 aromatic carbocycles. The van der Waals surface area contributed by atoms with E-state index in [9.17, 15) is 4.79 Å². The summed E-state index contributed by atoms with van der Waals surface area (Å²) in [5.41, 5.74) is 9.43. The van der Waals surface area contributed by atoms with E-state index in [4.69, 9.17) is 10.3 Å². The SMILES string of the molecule is [N-]=[N+]=NC1CCN(C(=O)COCc2ccccc2)CC1. The second-order valence-electron chi connectivity index (χ2n) is 4.80. The largest absolute Gasteiger partial charge is 0.367 e. The maximum Gasteiger partial charge on any atom is 0.248 e. The van der Waals surface area contributed by atoms with Gasteiger partial charge in [-0.25, -0.2) is 0 Å². The summed E-state index contributed by atoms with van der Waals surface area (Å²) in [6.07, 6.45) is 1.46. The molecule has 0 aromatic heterocycles. The van der Waals surface area contributed by atoms with Gasteiger partial charge in [0.2, 0.25) is 5.91 Å². The number of carbonyl (C=O) groups is 1. The highest BCUT2D eigenvalue weighted by molar-refractivity contribution is 5.77. The molecule has 2 rings (SSSR count). The van der Waals surface area contributed by atoms with Crippen LogP contribution in [0.3, 0.4) is 0 Å². The van der Waals surface area contributed by atoms with Crippen LogP contribution >= 0.6 is 0 Å². The lowest BCUT2D eigenvalue weighted by Gasteiger charge is -2.29. The number of carbonyl (C=O) groups excluding carboxylic acids is 1. The molecule has 1 amide bonds. The van der Waals surface area contributed by atoms with Crippen LogP contribution in [0.25, 0.3) is 10.4 Å². The van der Waals surface area contributed by atoms with E-state index >= 15 is 0 Å². The number of likely N-dealkylation sites (tertiary alicyclic amines) is 1. The topological polar surface area (TPSA) is 78.3 Å². The molecule has 0 aliphatic carbocycles. The van der Waals surface area contributed by atoms with Gasteiger partial charge < -0.3 is 9.64 Å². The van der Waals surface area contributed by atoms with Gasteiger partial charge in [-0.2, -0.15) is 0 Å². The Balaban J connectivity index is 1.69. The number of nitrogens with zero attached hydrogens (tertiary/aromatic N) is 4. The van der Waals surface area contributed by atoms with Crippen LogP contribution < -0.4 is 0 Å². The quantitative estimate of drug-likeness (QED) is 0.470. The summed E-state index contributed by atoms with van der Waals surface area (Å²) in [5, 5.41) is 3.69. The van der Waals surface area contributed by atoms with Crippen molar-refractivity contribution in [2.45, 2.75) is 25.5 Å². The molecule has 0 spiro atoms. The first-order chi connectivity index (χ1) is 9.79. The summed E-state index contributed by atoms with van der Waals surface area (Å²) in [6.45, 7) is 1.82. The van der Waals surface area contributed by atoms with Crippen LogP contribution in [-0.4, -0.2) is 36.5 Å². The lowest BCUT2D eigenvalue weighted by molar-refractivity contribution is -0.137. The Morgan fingerprint density at radius 1 is 1.35 bits per heavy atom. The van der Waals surface area contributed by atoms with Crippen LogP contribution in [-0.2, 0) is 16.1 Å². The van der Waals surface area contributed by atoms with Crippen molar-refractivity contribution in [1.82, 2.24) is 4.90 Å². The van der Waals surface area contributed by atoms with Crippen LogP contribution in [0, 0.1) is 0 Å². The maximum atomic E-state index is 12.0. The molecule has 6 heteroatoms. The van der Waals surface area contributed by atoms with Gasteiger partial charge >= 0.3 is 0 Å². The van der Waals surface area contributed by atoms with E-state index in [1.54, 1.807) is 4.90 Å². The highest BCUT2D eigenvalue weighted by atomic mass is 16.5. The third kappa shape index (κ3) is 4.26. The average molecular weight is 274 g/mol. The number of benzene rings is 1. The standard InChI is InChI=1S/C14H18N4O2/c15-17-16-13-6-8-18(9-7-13)14(19)11-20-10-12-4-2-1-3-5-12/h1-5,13H,6-11H2. The van der Waals surface area contributed by atoms with Gasteiger partial charge in [-0.05, 0) is 23.9 Å². The molecule has 1 fully saturated rings. The Labute approximate surface area is 118 Å². The number of hydrogen-bond donors (Lipinski definition) is 0. The molecule has 0 radical (unpaired) electrons. The summed E-state index contributed by atoms with van der Waals surface area (Å²) in [6, 6.07) is 9.80. The molecule has 1 aliphatic rings. The molecule has 1 aliphatic heterocycles. The molecular weight excluding hydrogens is 256 g/mol. The summed E-state index contributed by atoms with van der Waals surface area (Å²) < 4.78 is 5.44. The van der Waals surface area contributed by atoms with E-state index < -0.39 is 0 Å². The predicted molar refractivity (Wildman–Crippen MR) is 74.8 cm³/mol. The van der Waals surface area contributed by atoms with Gasteiger partial charge in [-0.15, -0.1) is 0 Å². The Kier molecular flexibility index (Phi) is 5.41. The molecule has 0 saturated carbocycles. The van der Waals surface area contributed by atoms with Gasteiger partial charge in [-0.3, -0.25) is 4.79 Å². The molecular formula is C14H18N4O2. The highest BCUT2D eigenvalue weighted by Crippen LogP contribution is 2.14. The van der Waals surface area contributed by atoms with Crippen molar-refractivity contribution in [1.29, 1.82) is 0 Å². The molecule has 0 N–H and O–H groups in total. The van der Waals surface area contributed by atoms with Gasteiger partial charge in [0, 0.05) is 24.0 Å². The van der Waals surface area contributed by atoms with E-state index in [0.29, 0.717) is 19.7 Å². The van der Waals surface area contributed by atoms with Gasteiger partial charge in [0.1, 0.15) is 6.61 Å². The normalized spacial score (nSPS) is 15.7. The smallest absolute Gasteiger partial charge is 0.248 e. The van der Waals surface area contributed by atoms with Crippen molar-refractivity contribution in [3.05, 3.63) is 46.3 Å². The third-order valence-corrected chi connectivity index (χ3v) is 3.37. The van der Waals surface area contributed by atoms with Crippen molar-refractivity contribution < 1.29 is 9.53 Å². The molecule has 1 aromatic rings. The zero-order valence-corrected chi connectivity index (χ0v) is 11.3. The van der Waals surface area contributed by atoms with Gasteiger partial charge in [0.25, 0.3) is 0 Å². The van der Waals surface area contributed by atoms with Gasteiger partial charge in [0.15, 0.2) is 0 Å². The average Bonchev–Trinajstić information content (AvgIpc) is 2.49. The Hall–Kier alpha value is -2.04. The van der Waals surface area contributed by atoms with Crippen molar-refractivity contribution >= 4 is 5.91 Å².